The molecule has 0 atom stereocenters. The molecule has 0 radical (unpaired) electrons. The molecule has 0 N–H and O–H groups in total. The molecule has 0 saturated heterocycles. The molecular formula is C74H80N2O4. The second-order valence-corrected chi connectivity index (χ2v) is 21.5. The Morgan fingerprint density at radius 2 is 0.575 bits per heavy atom. The van der Waals surface area contributed by atoms with E-state index in [-0.39, 0.29) is 0 Å². The summed E-state index contributed by atoms with van der Waals surface area (Å²) in [5, 5.41) is 9.13. The van der Waals surface area contributed by atoms with Crippen molar-refractivity contribution >= 4 is 43.1 Å². The number of ether oxygens (including phenoxy) is 4. The van der Waals surface area contributed by atoms with Gasteiger partial charge in [-0.05, 0) is 129 Å². The normalized spacial score (nSPS) is 11.5. The molecule has 0 unspecified atom stereocenters. The Bertz CT molecular complexity index is 3420. The molecule has 6 heteroatoms. The van der Waals surface area contributed by atoms with E-state index in [0.29, 0.717) is 26.4 Å². The molecule has 80 heavy (non-hydrogen) atoms. The van der Waals surface area contributed by atoms with E-state index in [1.165, 1.54) is 62.1 Å². The van der Waals surface area contributed by atoms with Gasteiger partial charge in [-0.1, -0.05) is 214 Å². The van der Waals surface area contributed by atoms with E-state index in [4.69, 9.17) is 28.9 Å². The van der Waals surface area contributed by atoms with Crippen molar-refractivity contribution in [1.82, 2.24) is 9.97 Å². The second kappa shape index (κ2) is 27.9. The highest BCUT2D eigenvalue weighted by Gasteiger charge is 2.22. The van der Waals surface area contributed by atoms with Crippen LogP contribution in [0.3, 0.4) is 0 Å². The molecule has 8 aromatic carbocycles. The lowest BCUT2D eigenvalue weighted by molar-refractivity contribution is 0.302. The molecule has 0 amide bonds. The van der Waals surface area contributed by atoms with Gasteiger partial charge in [0.25, 0.3) is 0 Å². The highest BCUT2D eigenvalue weighted by Crippen LogP contribution is 2.48. The summed E-state index contributed by atoms with van der Waals surface area (Å²) in [6.45, 7) is 11.7. The first-order chi connectivity index (χ1) is 39.6. The summed E-state index contributed by atoms with van der Waals surface area (Å²) in [4.78, 5) is 10.6. The average Bonchev–Trinajstić information content (AvgIpc) is 3.51. The van der Waals surface area contributed by atoms with Gasteiger partial charge in [-0.15, -0.1) is 0 Å². The average molecular weight is 1060 g/mol. The maximum Gasteiger partial charge on any atom is 0.127 e. The molecular weight excluding hydrogens is 981 g/mol. The first kappa shape index (κ1) is 55.6. The molecule has 0 aliphatic carbocycles. The van der Waals surface area contributed by atoms with E-state index in [1.54, 1.807) is 0 Å². The van der Waals surface area contributed by atoms with Crippen LogP contribution in [0.25, 0.3) is 99.2 Å². The summed E-state index contributed by atoms with van der Waals surface area (Å²) < 4.78 is 26.9. The Morgan fingerprint density at radius 3 is 0.925 bits per heavy atom. The molecule has 10 aromatic rings. The van der Waals surface area contributed by atoms with E-state index >= 15 is 0 Å². The number of unbranched alkanes of at least 4 members (excludes halogenated alkanes) is 12. The zero-order valence-electron chi connectivity index (χ0n) is 47.8. The lowest BCUT2D eigenvalue weighted by Crippen LogP contribution is -2.03. The van der Waals surface area contributed by atoms with Crippen molar-refractivity contribution in [3.05, 3.63) is 170 Å². The van der Waals surface area contributed by atoms with Gasteiger partial charge in [-0.3, -0.25) is 0 Å². The van der Waals surface area contributed by atoms with Gasteiger partial charge in [0.05, 0.1) is 49.2 Å². The monoisotopic (exact) mass is 1060 g/mol. The third kappa shape index (κ3) is 13.1. The zero-order valence-corrected chi connectivity index (χ0v) is 47.8. The Morgan fingerprint density at radius 1 is 0.263 bits per heavy atom. The maximum atomic E-state index is 6.76. The van der Waals surface area contributed by atoms with E-state index in [9.17, 15) is 0 Å². The molecule has 2 heterocycles. The molecule has 0 bridgehead atoms. The number of rotatable bonds is 29. The molecule has 10 rings (SSSR count). The fourth-order valence-electron chi connectivity index (χ4n) is 11.3. The predicted molar refractivity (Wildman–Crippen MR) is 338 cm³/mol. The minimum atomic E-state index is 0.666. The summed E-state index contributed by atoms with van der Waals surface area (Å²) in [7, 11) is 0. The first-order valence-electron chi connectivity index (χ1n) is 30.2. The smallest absolute Gasteiger partial charge is 0.127 e. The Balaban J connectivity index is 0.990. The third-order valence-electron chi connectivity index (χ3n) is 15.6. The molecule has 0 aliphatic rings. The largest absolute Gasteiger partial charge is 0.493 e. The molecule has 0 aliphatic heterocycles. The molecule has 6 nitrogen and oxygen atoms in total. The lowest BCUT2D eigenvalue weighted by atomic mass is 9.91. The lowest BCUT2D eigenvalue weighted by Gasteiger charge is -2.20. The number of benzene rings is 8. The van der Waals surface area contributed by atoms with Crippen LogP contribution in [0.2, 0.25) is 0 Å². The van der Waals surface area contributed by atoms with Gasteiger partial charge in [0.1, 0.15) is 23.0 Å². The van der Waals surface area contributed by atoms with Gasteiger partial charge in [0.15, 0.2) is 0 Å². The van der Waals surface area contributed by atoms with E-state index < -0.39 is 0 Å². The van der Waals surface area contributed by atoms with Crippen LogP contribution in [0, 0.1) is 0 Å². The summed E-state index contributed by atoms with van der Waals surface area (Å²) >= 11 is 0. The van der Waals surface area contributed by atoms with Crippen molar-refractivity contribution in [2.24, 2.45) is 0 Å². The number of hydrogen-bond acceptors (Lipinski definition) is 6. The van der Waals surface area contributed by atoms with Crippen molar-refractivity contribution in [1.29, 1.82) is 0 Å². The summed E-state index contributed by atoms with van der Waals surface area (Å²) in [6, 6.07) is 60.7. The van der Waals surface area contributed by atoms with Gasteiger partial charge in [-0.2, -0.15) is 0 Å². The number of fused-ring (bicyclic) bond motifs is 4. The summed E-state index contributed by atoms with van der Waals surface area (Å²) in [6.07, 6.45) is 18.3. The Kier molecular flexibility index (Phi) is 19.4. The number of hydrogen-bond donors (Lipinski definition) is 0. The molecule has 2 aromatic heterocycles. The third-order valence-corrected chi connectivity index (χ3v) is 15.6. The summed E-state index contributed by atoms with van der Waals surface area (Å²) in [5.41, 5.74) is 9.78. The van der Waals surface area contributed by atoms with Crippen LogP contribution in [0.15, 0.2) is 170 Å². The van der Waals surface area contributed by atoms with Crippen LogP contribution >= 0.6 is 0 Å². The minimum absolute atomic E-state index is 0.666. The Hall–Kier alpha value is -7.70. The fraction of sp³-hybridized carbons (Fsp3) is 0.324. The quantitative estimate of drug-likeness (QED) is 0.0436. The van der Waals surface area contributed by atoms with Crippen molar-refractivity contribution in [2.45, 2.75) is 130 Å². The Labute approximate surface area is 475 Å². The van der Waals surface area contributed by atoms with Crippen molar-refractivity contribution in [3.63, 3.8) is 0 Å². The molecule has 0 spiro atoms. The van der Waals surface area contributed by atoms with Crippen LogP contribution < -0.4 is 18.9 Å². The standard InChI is InChI=1S/C74H80N2O4/c1-5-9-13-21-47-77-67-43-37-53-27-17-19-29-59(53)71(67)73-61-41-35-57(51-55(61)39-45-69(73)79-49-23-15-11-7-3)63-31-25-33-65(75-63)66-34-26-32-64(76-66)58-36-42-62-56(52-58)40-46-70(80-50-24-16-12-8-4)74(62)72-60-30-20-18-28-54(60)38-44-68(72)78-48-22-14-10-6-2/h17-20,25-46,51-52H,5-16,21-24,47-50H2,1-4H3. The van der Waals surface area contributed by atoms with E-state index in [2.05, 4.69) is 198 Å². The topological polar surface area (TPSA) is 62.7 Å². The molecule has 410 valence electrons. The van der Waals surface area contributed by atoms with Gasteiger partial charge < -0.3 is 18.9 Å². The number of aromatic nitrogens is 2. The predicted octanol–water partition coefficient (Wildman–Crippen LogP) is 21.3. The molecule has 0 fully saturated rings. The van der Waals surface area contributed by atoms with Crippen molar-refractivity contribution in [3.8, 4) is 79.2 Å². The van der Waals surface area contributed by atoms with Crippen LogP contribution in [-0.2, 0) is 0 Å². The fourth-order valence-corrected chi connectivity index (χ4v) is 11.3. The maximum absolute atomic E-state index is 6.76. The second-order valence-electron chi connectivity index (χ2n) is 21.5. The highest BCUT2D eigenvalue weighted by molar-refractivity contribution is 6.12. The summed E-state index contributed by atoms with van der Waals surface area (Å²) in [5.74, 6) is 3.56. The van der Waals surface area contributed by atoms with Gasteiger partial charge in [0, 0.05) is 33.4 Å². The SMILES string of the molecule is CCCCCCOc1ccc2ccccc2c1-c1c(OCCCCCC)ccc2cc(-c3cccc(-c4cccc(-c5ccc6c(-c7c(OCCCCCC)ccc8ccccc78)c(OCCCCCC)ccc6c5)n4)n3)ccc12. The van der Waals surface area contributed by atoms with E-state index in [0.717, 1.165) is 163 Å². The van der Waals surface area contributed by atoms with Gasteiger partial charge in [0.2, 0.25) is 0 Å². The number of pyridine rings is 2. The zero-order chi connectivity index (χ0) is 54.9. The molecule has 0 saturated carbocycles. The van der Waals surface area contributed by atoms with Crippen LogP contribution in [0.1, 0.15) is 130 Å². The van der Waals surface area contributed by atoms with E-state index in [1.807, 2.05) is 0 Å². The van der Waals surface area contributed by atoms with Gasteiger partial charge >= 0.3 is 0 Å². The van der Waals surface area contributed by atoms with Crippen molar-refractivity contribution < 1.29 is 18.9 Å². The van der Waals surface area contributed by atoms with Crippen LogP contribution in [-0.4, -0.2) is 36.4 Å². The first-order valence-corrected chi connectivity index (χ1v) is 30.2. The highest BCUT2D eigenvalue weighted by atomic mass is 16.5. The number of nitrogens with zero attached hydrogens (tertiary/aromatic N) is 2. The van der Waals surface area contributed by atoms with Gasteiger partial charge in [-0.25, -0.2) is 9.97 Å². The van der Waals surface area contributed by atoms with Crippen LogP contribution in [0.5, 0.6) is 23.0 Å². The van der Waals surface area contributed by atoms with Crippen molar-refractivity contribution in [2.75, 3.05) is 26.4 Å². The minimum Gasteiger partial charge on any atom is -0.493 e. The van der Waals surface area contributed by atoms with Crippen LogP contribution in [0.4, 0.5) is 0 Å².